The van der Waals surface area contributed by atoms with E-state index in [2.05, 4.69) is 6.58 Å². The fourth-order valence-corrected chi connectivity index (χ4v) is 3.59. The predicted molar refractivity (Wildman–Crippen MR) is 73.6 cm³/mol. The van der Waals surface area contributed by atoms with Gasteiger partial charge in [0, 0.05) is 18.8 Å². The van der Waals surface area contributed by atoms with Crippen molar-refractivity contribution in [3.8, 4) is 0 Å². The summed E-state index contributed by atoms with van der Waals surface area (Å²) in [5.74, 6) is -0.0277. The zero-order valence-corrected chi connectivity index (χ0v) is 11.8. The lowest BCUT2D eigenvalue weighted by Gasteiger charge is -2.47. The van der Waals surface area contributed by atoms with Crippen LogP contribution in [0.5, 0.6) is 0 Å². The van der Waals surface area contributed by atoms with E-state index in [0.717, 1.165) is 37.7 Å². The second-order valence-corrected chi connectivity index (χ2v) is 5.92. The Bertz CT molecular complexity index is 447. The van der Waals surface area contributed by atoms with Crippen LogP contribution < -0.4 is 0 Å². The summed E-state index contributed by atoms with van der Waals surface area (Å²) in [6.45, 7) is 7.48. The molecule has 0 spiro atoms. The predicted octanol–water partition coefficient (Wildman–Crippen LogP) is 3.34. The van der Waals surface area contributed by atoms with Crippen molar-refractivity contribution in [2.75, 3.05) is 0 Å². The zero-order chi connectivity index (χ0) is 14.0. The Labute approximate surface area is 114 Å². The molecule has 0 aromatic carbocycles. The first-order chi connectivity index (χ1) is 8.94. The molecule has 1 saturated carbocycles. The van der Waals surface area contributed by atoms with E-state index < -0.39 is 0 Å². The third-order valence-corrected chi connectivity index (χ3v) is 4.25. The van der Waals surface area contributed by atoms with Crippen LogP contribution in [-0.4, -0.2) is 17.9 Å². The first kappa shape index (κ1) is 14.0. The molecule has 2 atom stereocenters. The smallest absolute Gasteiger partial charge is 0.302 e. The fraction of sp³-hybridized carbons (Fsp3) is 0.625. The second kappa shape index (κ2) is 5.32. The summed E-state index contributed by atoms with van der Waals surface area (Å²) in [5.41, 5.74) is 2.08. The van der Waals surface area contributed by atoms with Gasteiger partial charge in [-0.1, -0.05) is 11.1 Å². The lowest BCUT2D eigenvalue weighted by atomic mass is 9.60. The van der Waals surface area contributed by atoms with E-state index >= 15 is 0 Å². The summed E-state index contributed by atoms with van der Waals surface area (Å²) in [6, 6.07) is 0. The van der Waals surface area contributed by atoms with Crippen molar-refractivity contribution in [1.29, 1.82) is 0 Å². The van der Waals surface area contributed by atoms with E-state index in [-0.39, 0.29) is 23.3 Å². The molecular formula is C16H22O3. The van der Waals surface area contributed by atoms with Crippen LogP contribution in [0.15, 0.2) is 23.8 Å². The highest BCUT2D eigenvalue weighted by molar-refractivity contribution is 5.91. The molecule has 3 nitrogen and oxygen atoms in total. The lowest BCUT2D eigenvalue weighted by molar-refractivity contribution is -0.154. The van der Waals surface area contributed by atoms with E-state index in [1.165, 1.54) is 12.5 Å². The highest BCUT2D eigenvalue weighted by atomic mass is 16.5. The number of rotatable bonds is 3. The van der Waals surface area contributed by atoms with Crippen LogP contribution in [0, 0.1) is 5.41 Å². The van der Waals surface area contributed by atoms with E-state index in [0.29, 0.717) is 6.42 Å². The number of allylic oxidation sites excluding steroid dienone is 2. The molecular weight excluding hydrogens is 240 g/mol. The first-order valence-corrected chi connectivity index (χ1v) is 6.99. The normalized spacial score (nSPS) is 30.3. The van der Waals surface area contributed by atoms with Crippen LogP contribution in [0.1, 0.15) is 52.4 Å². The summed E-state index contributed by atoms with van der Waals surface area (Å²) in [5, 5.41) is 0. The Morgan fingerprint density at radius 2 is 2.21 bits per heavy atom. The summed E-state index contributed by atoms with van der Waals surface area (Å²) in [6.07, 6.45) is 6.64. The summed E-state index contributed by atoms with van der Waals surface area (Å²) >= 11 is 0. The minimum Gasteiger partial charge on any atom is -0.462 e. The molecule has 0 aliphatic heterocycles. The molecule has 0 N–H and O–H groups in total. The molecule has 1 fully saturated rings. The van der Waals surface area contributed by atoms with Gasteiger partial charge < -0.3 is 4.74 Å². The van der Waals surface area contributed by atoms with Gasteiger partial charge in [-0.05, 0) is 45.1 Å². The van der Waals surface area contributed by atoms with Crippen LogP contribution >= 0.6 is 0 Å². The van der Waals surface area contributed by atoms with E-state index in [4.69, 9.17) is 4.74 Å². The van der Waals surface area contributed by atoms with Gasteiger partial charge >= 0.3 is 5.97 Å². The Balaban J connectivity index is 2.38. The molecule has 2 aliphatic rings. The Kier molecular flexibility index (Phi) is 3.93. The average Bonchev–Trinajstić information content (AvgIpc) is 2.29. The largest absolute Gasteiger partial charge is 0.462 e. The van der Waals surface area contributed by atoms with Crippen molar-refractivity contribution in [2.24, 2.45) is 5.41 Å². The third kappa shape index (κ3) is 2.80. The van der Waals surface area contributed by atoms with Gasteiger partial charge in [0.05, 0.1) is 0 Å². The maximum absolute atomic E-state index is 11.7. The molecule has 0 aromatic rings. The zero-order valence-electron chi connectivity index (χ0n) is 11.8. The van der Waals surface area contributed by atoms with Crippen LogP contribution in [0.25, 0.3) is 0 Å². The number of ether oxygens (including phenoxy) is 1. The van der Waals surface area contributed by atoms with Crippen LogP contribution in [0.2, 0.25) is 0 Å². The van der Waals surface area contributed by atoms with Crippen molar-refractivity contribution in [2.45, 2.75) is 58.5 Å². The number of ketones is 1. The molecule has 3 heteroatoms. The highest BCUT2D eigenvalue weighted by Crippen LogP contribution is 2.51. The summed E-state index contributed by atoms with van der Waals surface area (Å²) in [4.78, 5) is 23.0. The van der Waals surface area contributed by atoms with Gasteiger partial charge in [0.2, 0.25) is 0 Å². The number of hydrogen-bond acceptors (Lipinski definition) is 3. The fourth-order valence-electron chi connectivity index (χ4n) is 3.59. The van der Waals surface area contributed by atoms with Crippen molar-refractivity contribution in [1.82, 2.24) is 0 Å². The van der Waals surface area contributed by atoms with Gasteiger partial charge in [-0.2, -0.15) is 0 Å². The van der Waals surface area contributed by atoms with Crippen molar-refractivity contribution in [3.63, 3.8) is 0 Å². The van der Waals surface area contributed by atoms with Crippen molar-refractivity contribution in [3.05, 3.63) is 23.8 Å². The SMILES string of the molecule is C=C(C)CC12CCC(=O)C=C1CCCC2OC(C)=O. The Hall–Kier alpha value is -1.38. The van der Waals surface area contributed by atoms with Crippen LogP contribution in [0.4, 0.5) is 0 Å². The average molecular weight is 262 g/mol. The molecule has 0 aromatic heterocycles. The van der Waals surface area contributed by atoms with Gasteiger partial charge in [-0.25, -0.2) is 0 Å². The Morgan fingerprint density at radius 3 is 2.84 bits per heavy atom. The molecule has 104 valence electrons. The highest BCUT2D eigenvalue weighted by Gasteiger charge is 2.47. The van der Waals surface area contributed by atoms with Gasteiger partial charge in [0.15, 0.2) is 5.78 Å². The van der Waals surface area contributed by atoms with Gasteiger partial charge in [-0.15, -0.1) is 6.58 Å². The number of fused-ring (bicyclic) bond motifs is 1. The molecule has 0 heterocycles. The topological polar surface area (TPSA) is 43.4 Å². The van der Waals surface area contributed by atoms with E-state index in [1.807, 2.05) is 6.92 Å². The second-order valence-electron chi connectivity index (χ2n) is 5.92. The van der Waals surface area contributed by atoms with Gasteiger partial charge in [0.25, 0.3) is 0 Å². The molecule has 0 amide bonds. The molecule has 2 aliphatic carbocycles. The molecule has 2 rings (SSSR count). The van der Waals surface area contributed by atoms with E-state index in [9.17, 15) is 9.59 Å². The number of carbonyl (C=O) groups excluding carboxylic acids is 2. The summed E-state index contributed by atoms with van der Waals surface area (Å²) < 4.78 is 5.57. The third-order valence-electron chi connectivity index (χ3n) is 4.25. The number of carbonyl (C=O) groups is 2. The van der Waals surface area contributed by atoms with Crippen molar-refractivity contribution >= 4 is 11.8 Å². The minimum atomic E-state index is -0.232. The maximum Gasteiger partial charge on any atom is 0.302 e. The first-order valence-electron chi connectivity index (χ1n) is 6.99. The standard InChI is InChI=1S/C16H22O3/c1-11(2)10-16-8-7-14(18)9-13(16)5-4-6-15(16)19-12(3)17/h9,15H,1,4-8,10H2,2-3H3. The maximum atomic E-state index is 11.7. The molecule has 0 saturated heterocycles. The monoisotopic (exact) mass is 262 g/mol. The summed E-state index contributed by atoms with van der Waals surface area (Å²) in [7, 11) is 0. The molecule has 19 heavy (non-hydrogen) atoms. The van der Waals surface area contributed by atoms with Crippen LogP contribution in [-0.2, 0) is 14.3 Å². The number of esters is 1. The van der Waals surface area contributed by atoms with E-state index in [1.54, 1.807) is 6.08 Å². The van der Waals surface area contributed by atoms with Crippen molar-refractivity contribution < 1.29 is 14.3 Å². The van der Waals surface area contributed by atoms with Gasteiger partial charge in [-0.3, -0.25) is 9.59 Å². The lowest BCUT2D eigenvalue weighted by Crippen LogP contribution is -2.45. The molecule has 2 unspecified atom stereocenters. The molecule has 0 bridgehead atoms. The number of hydrogen-bond donors (Lipinski definition) is 0. The molecule has 0 radical (unpaired) electrons. The minimum absolute atomic E-state index is 0.102. The van der Waals surface area contributed by atoms with Gasteiger partial charge in [0.1, 0.15) is 6.10 Å². The van der Waals surface area contributed by atoms with Crippen LogP contribution in [0.3, 0.4) is 0 Å². The Morgan fingerprint density at radius 1 is 1.47 bits per heavy atom. The quantitative estimate of drug-likeness (QED) is 0.578.